The van der Waals surface area contributed by atoms with Crippen molar-refractivity contribution in [3.63, 3.8) is 0 Å². The van der Waals surface area contributed by atoms with Crippen molar-refractivity contribution in [2.75, 3.05) is 24.7 Å². The Labute approximate surface area is 194 Å². The summed E-state index contributed by atoms with van der Waals surface area (Å²) < 4.78 is 5.22. The maximum Gasteiger partial charge on any atom is 0.252 e. The van der Waals surface area contributed by atoms with Crippen LogP contribution < -0.4 is 15.4 Å². The van der Waals surface area contributed by atoms with Crippen molar-refractivity contribution in [1.82, 2.24) is 10.3 Å². The third-order valence-electron chi connectivity index (χ3n) is 5.84. The Morgan fingerprint density at radius 2 is 1.88 bits per heavy atom. The Kier molecular flexibility index (Phi) is 7.88. The smallest absolute Gasteiger partial charge is 0.252 e. The highest BCUT2D eigenvalue weighted by molar-refractivity contribution is 7.99. The second-order valence-corrected chi connectivity index (χ2v) is 9.57. The molecule has 1 amide bonds. The van der Waals surface area contributed by atoms with Crippen LogP contribution in [0.5, 0.6) is 5.75 Å². The molecule has 5 nitrogen and oxygen atoms in total. The Hall–Kier alpha value is -2.73. The molecular weight excluding hydrogens is 418 g/mol. The first-order valence-corrected chi connectivity index (χ1v) is 12.5. The molecule has 3 aromatic rings. The quantitative estimate of drug-likeness (QED) is 0.382. The number of ether oxygens (including phenoxy) is 1. The van der Waals surface area contributed by atoms with Crippen molar-refractivity contribution in [1.29, 1.82) is 0 Å². The highest BCUT2D eigenvalue weighted by Crippen LogP contribution is 2.28. The molecule has 4 rings (SSSR count). The predicted octanol–water partition coefficient (Wildman–Crippen LogP) is 6.17. The fourth-order valence-corrected chi connectivity index (χ4v) is 5.41. The molecule has 0 bridgehead atoms. The van der Waals surface area contributed by atoms with E-state index >= 15 is 0 Å². The van der Waals surface area contributed by atoms with Gasteiger partial charge in [-0.1, -0.05) is 37.5 Å². The van der Waals surface area contributed by atoms with Gasteiger partial charge in [0.2, 0.25) is 0 Å². The SMILES string of the molecule is COc1ccc(Nc2cc(C(=O)NCCCSC3CCCCC3)c3ccccc3n2)cc1. The minimum absolute atomic E-state index is 0.0518. The molecule has 0 radical (unpaired) electrons. The number of hydrogen-bond donors (Lipinski definition) is 2. The molecule has 1 heterocycles. The van der Waals surface area contributed by atoms with Gasteiger partial charge in [0.25, 0.3) is 5.91 Å². The number of benzene rings is 2. The van der Waals surface area contributed by atoms with Crippen LogP contribution in [0.2, 0.25) is 0 Å². The normalized spacial score (nSPS) is 14.3. The lowest BCUT2D eigenvalue weighted by molar-refractivity contribution is 0.0955. The van der Waals surface area contributed by atoms with Crippen LogP contribution in [0.15, 0.2) is 54.6 Å². The van der Waals surface area contributed by atoms with Gasteiger partial charge in [-0.05, 0) is 61.4 Å². The number of carbonyl (C=O) groups is 1. The Morgan fingerprint density at radius 3 is 2.66 bits per heavy atom. The first-order valence-electron chi connectivity index (χ1n) is 11.4. The highest BCUT2D eigenvalue weighted by Gasteiger charge is 2.15. The van der Waals surface area contributed by atoms with Gasteiger partial charge in [-0.3, -0.25) is 4.79 Å². The van der Waals surface area contributed by atoms with Gasteiger partial charge in [0.05, 0.1) is 18.2 Å². The van der Waals surface area contributed by atoms with Gasteiger partial charge in [-0.25, -0.2) is 4.98 Å². The Bertz CT molecular complexity index is 1030. The van der Waals surface area contributed by atoms with E-state index in [1.54, 1.807) is 7.11 Å². The number of nitrogens with zero attached hydrogens (tertiary/aromatic N) is 1. The van der Waals surface area contributed by atoms with Crippen LogP contribution in [0, 0.1) is 0 Å². The standard InChI is InChI=1S/C26H31N3O2S/c1-31-20-14-12-19(13-15-20)28-25-18-23(22-10-5-6-11-24(22)29-25)26(30)27-16-7-17-32-21-8-3-2-4-9-21/h5-6,10-15,18,21H,2-4,7-9,16-17H2,1H3,(H,27,30)(H,28,29). The molecule has 168 valence electrons. The summed E-state index contributed by atoms with van der Waals surface area (Å²) in [6.45, 7) is 0.691. The first-order chi connectivity index (χ1) is 15.7. The zero-order valence-electron chi connectivity index (χ0n) is 18.6. The van der Waals surface area contributed by atoms with E-state index < -0.39 is 0 Å². The molecule has 1 aliphatic rings. The first kappa shape index (κ1) is 22.5. The zero-order valence-corrected chi connectivity index (χ0v) is 19.4. The number of carbonyl (C=O) groups excluding carboxylic acids is 1. The molecule has 2 N–H and O–H groups in total. The number of anilines is 2. The van der Waals surface area contributed by atoms with Crippen molar-refractivity contribution in [2.45, 2.75) is 43.8 Å². The van der Waals surface area contributed by atoms with Crippen molar-refractivity contribution in [3.05, 3.63) is 60.2 Å². The van der Waals surface area contributed by atoms with Crippen LogP contribution >= 0.6 is 11.8 Å². The topological polar surface area (TPSA) is 63.2 Å². The lowest BCUT2D eigenvalue weighted by Crippen LogP contribution is -2.25. The molecule has 32 heavy (non-hydrogen) atoms. The second kappa shape index (κ2) is 11.2. The Morgan fingerprint density at radius 1 is 1.09 bits per heavy atom. The van der Waals surface area contributed by atoms with Crippen LogP contribution in [-0.2, 0) is 0 Å². The molecule has 1 saturated carbocycles. The van der Waals surface area contributed by atoms with Crippen LogP contribution in [-0.4, -0.2) is 35.5 Å². The molecule has 6 heteroatoms. The average molecular weight is 450 g/mol. The summed E-state index contributed by atoms with van der Waals surface area (Å²) in [5.74, 6) is 2.49. The maximum atomic E-state index is 13.0. The van der Waals surface area contributed by atoms with Crippen molar-refractivity contribution in [2.24, 2.45) is 0 Å². The number of para-hydroxylation sites is 1. The summed E-state index contributed by atoms with van der Waals surface area (Å²) in [4.78, 5) is 17.7. The van der Waals surface area contributed by atoms with E-state index in [0.717, 1.165) is 39.8 Å². The summed E-state index contributed by atoms with van der Waals surface area (Å²) in [7, 11) is 1.65. The Balaban J connectivity index is 1.40. The van der Waals surface area contributed by atoms with E-state index in [-0.39, 0.29) is 5.91 Å². The van der Waals surface area contributed by atoms with Crippen molar-refractivity contribution >= 4 is 40.1 Å². The number of nitrogens with one attached hydrogen (secondary N) is 2. The van der Waals surface area contributed by atoms with Crippen LogP contribution in [0.25, 0.3) is 10.9 Å². The van der Waals surface area contributed by atoms with Gasteiger partial charge >= 0.3 is 0 Å². The molecule has 0 atom stereocenters. The third kappa shape index (κ3) is 5.94. The summed E-state index contributed by atoms with van der Waals surface area (Å²) in [5, 5.41) is 8.09. The molecule has 2 aromatic carbocycles. The number of hydrogen-bond acceptors (Lipinski definition) is 5. The number of rotatable bonds is 9. The molecule has 0 spiro atoms. The van der Waals surface area contributed by atoms with Gasteiger partial charge in [0, 0.05) is 22.9 Å². The van der Waals surface area contributed by atoms with E-state index in [1.807, 2.05) is 54.6 Å². The van der Waals surface area contributed by atoms with E-state index in [9.17, 15) is 4.79 Å². The van der Waals surface area contributed by atoms with Gasteiger partial charge in [-0.2, -0.15) is 11.8 Å². The van der Waals surface area contributed by atoms with E-state index in [4.69, 9.17) is 9.72 Å². The molecule has 1 aliphatic carbocycles. The summed E-state index contributed by atoms with van der Waals surface area (Å²) in [6, 6.07) is 17.2. The summed E-state index contributed by atoms with van der Waals surface area (Å²) in [6.07, 6.45) is 7.83. The molecular formula is C26H31N3O2S. The fraction of sp³-hybridized carbons (Fsp3) is 0.385. The monoisotopic (exact) mass is 449 g/mol. The maximum absolute atomic E-state index is 13.0. The fourth-order valence-electron chi connectivity index (χ4n) is 4.10. The lowest BCUT2D eigenvalue weighted by atomic mass is 10.0. The van der Waals surface area contributed by atoms with Gasteiger partial charge < -0.3 is 15.4 Å². The summed E-state index contributed by atoms with van der Waals surface area (Å²) in [5.41, 5.74) is 2.33. The zero-order chi connectivity index (χ0) is 22.2. The summed E-state index contributed by atoms with van der Waals surface area (Å²) >= 11 is 2.07. The van der Waals surface area contributed by atoms with Gasteiger partial charge in [0.15, 0.2) is 0 Å². The van der Waals surface area contributed by atoms with Gasteiger partial charge in [0.1, 0.15) is 11.6 Å². The van der Waals surface area contributed by atoms with Crippen LogP contribution in [0.3, 0.4) is 0 Å². The van der Waals surface area contributed by atoms with E-state index in [1.165, 1.54) is 32.1 Å². The second-order valence-electron chi connectivity index (χ2n) is 8.17. The van der Waals surface area contributed by atoms with E-state index in [2.05, 4.69) is 22.4 Å². The van der Waals surface area contributed by atoms with Crippen LogP contribution in [0.4, 0.5) is 11.5 Å². The van der Waals surface area contributed by atoms with Crippen molar-refractivity contribution in [3.8, 4) is 5.75 Å². The predicted molar refractivity (Wildman–Crippen MR) is 134 cm³/mol. The third-order valence-corrected chi connectivity index (χ3v) is 7.30. The molecule has 1 aromatic heterocycles. The lowest BCUT2D eigenvalue weighted by Gasteiger charge is -2.20. The number of methoxy groups -OCH3 is 1. The molecule has 0 aliphatic heterocycles. The highest BCUT2D eigenvalue weighted by atomic mass is 32.2. The van der Waals surface area contributed by atoms with Crippen molar-refractivity contribution < 1.29 is 9.53 Å². The average Bonchev–Trinajstić information content (AvgIpc) is 2.84. The largest absolute Gasteiger partial charge is 0.497 e. The minimum Gasteiger partial charge on any atom is -0.497 e. The molecule has 1 fully saturated rings. The van der Waals surface area contributed by atoms with Crippen LogP contribution in [0.1, 0.15) is 48.9 Å². The number of aromatic nitrogens is 1. The number of pyridine rings is 1. The van der Waals surface area contributed by atoms with Gasteiger partial charge in [-0.15, -0.1) is 0 Å². The number of amides is 1. The number of fused-ring (bicyclic) bond motifs is 1. The minimum atomic E-state index is -0.0518. The van der Waals surface area contributed by atoms with E-state index in [0.29, 0.717) is 17.9 Å². The molecule has 0 unspecified atom stereocenters. The molecule has 0 saturated heterocycles. The number of thioether (sulfide) groups is 1.